The van der Waals surface area contributed by atoms with E-state index in [-0.39, 0.29) is 0 Å². The Hall–Kier alpha value is -2.36. The molecule has 0 amide bonds. The van der Waals surface area contributed by atoms with Crippen LogP contribution in [0.3, 0.4) is 0 Å². The molecule has 0 aliphatic heterocycles. The van der Waals surface area contributed by atoms with Gasteiger partial charge in [-0.25, -0.2) is 0 Å². The lowest BCUT2D eigenvalue weighted by Gasteiger charge is -2.02. The van der Waals surface area contributed by atoms with Gasteiger partial charge in [0.05, 0.1) is 18.1 Å². The van der Waals surface area contributed by atoms with Crippen LogP contribution in [0.2, 0.25) is 0 Å². The first-order valence-electron chi connectivity index (χ1n) is 5.36. The molecule has 0 fully saturated rings. The number of rotatable bonds is 2. The molecule has 0 saturated carbocycles. The second kappa shape index (κ2) is 4.25. The second-order valence-corrected chi connectivity index (χ2v) is 3.83. The fraction of sp³-hybridized carbons (Fsp3) is 0.0769. The zero-order valence-corrected chi connectivity index (χ0v) is 9.11. The van der Waals surface area contributed by atoms with E-state index in [1.807, 2.05) is 0 Å². The van der Waals surface area contributed by atoms with Crippen LogP contribution in [0.25, 0.3) is 10.8 Å². The van der Waals surface area contributed by atoms with Crippen molar-refractivity contribution in [3.63, 3.8) is 0 Å². The average Bonchev–Trinajstić information content (AvgIpc) is 2.40. The quantitative estimate of drug-likeness (QED) is 0.665. The molecule has 0 bridgehead atoms. The van der Waals surface area contributed by atoms with E-state index in [2.05, 4.69) is 38.4 Å². The number of benzene rings is 1. The number of aromatic nitrogens is 4. The normalized spacial score (nSPS) is 10.6. The van der Waals surface area contributed by atoms with Gasteiger partial charge in [0.2, 0.25) is 0 Å². The maximum absolute atomic E-state index is 4.26. The van der Waals surface area contributed by atoms with Gasteiger partial charge in [-0.1, -0.05) is 12.1 Å². The highest BCUT2D eigenvalue weighted by Gasteiger charge is 1.99. The van der Waals surface area contributed by atoms with Crippen molar-refractivity contribution in [1.29, 1.82) is 0 Å². The van der Waals surface area contributed by atoms with Crippen molar-refractivity contribution in [2.24, 2.45) is 0 Å². The van der Waals surface area contributed by atoms with E-state index >= 15 is 0 Å². The minimum atomic E-state index is 0.784. The Kier molecular flexibility index (Phi) is 2.46. The number of nitrogens with zero attached hydrogens (tertiary/aromatic N) is 4. The molecule has 3 rings (SSSR count). The molecule has 0 N–H and O–H groups in total. The van der Waals surface area contributed by atoms with Gasteiger partial charge in [-0.2, -0.15) is 10.2 Å². The summed E-state index contributed by atoms with van der Waals surface area (Å²) in [6.07, 6.45) is 9.50. The van der Waals surface area contributed by atoms with Crippen LogP contribution >= 0.6 is 0 Å². The fourth-order valence-corrected chi connectivity index (χ4v) is 1.79. The van der Waals surface area contributed by atoms with E-state index in [0.29, 0.717) is 0 Å². The first-order valence-corrected chi connectivity index (χ1v) is 5.36. The van der Waals surface area contributed by atoms with Crippen LogP contribution in [-0.4, -0.2) is 20.2 Å². The Morgan fingerprint density at radius 1 is 0.882 bits per heavy atom. The number of hydrogen-bond donors (Lipinski definition) is 0. The Morgan fingerprint density at radius 3 is 2.59 bits per heavy atom. The van der Waals surface area contributed by atoms with Crippen LogP contribution in [-0.2, 0) is 6.42 Å². The molecule has 0 saturated heterocycles. The summed E-state index contributed by atoms with van der Waals surface area (Å²) in [6, 6.07) is 6.24. The number of hydrogen-bond acceptors (Lipinski definition) is 4. The lowest BCUT2D eigenvalue weighted by molar-refractivity contribution is 1.03. The summed E-state index contributed by atoms with van der Waals surface area (Å²) in [7, 11) is 0. The SMILES string of the molecule is c1cnc(Cc2ccc3cnncc3c2)cn1. The molecule has 0 unspecified atom stereocenters. The standard InChI is InChI=1S/C13H10N4/c1-2-11-7-16-17-8-12(11)5-10(1)6-13-9-14-3-4-15-13/h1-5,7-9H,6H2. The highest BCUT2D eigenvalue weighted by atomic mass is 15.1. The highest BCUT2D eigenvalue weighted by Crippen LogP contribution is 2.15. The molecule has 0 spiro atoms. The van der Waals surface area contributed by atoms with Gasteiger partial charge in [0, 0.05) is 35.8 Å². The first kappa shape index (κ1) is 9.84. The van der Waals surface area contributed by atoms with E-state index < -0.39 is 0 Å². The molecule has 0 aliphatic rings. The van der Waals surface area contributed by atoms with Crippen LogP contribution < -0.4 is 0 Å². The monoisotopic (exact) mass is 222 g/mol. The lowest BCUT2D eigenvalue weighted by atomic mass is 10.1. The molecular weight excluding hydrogens is 212 g/mol. The zero-order chi connectivity index (χ0) is 11.5. The van der Waals surface area contributed by atoms with Gasteiger partial charge in [-0.3, -0.25) is 9.97 Å². The molecule has 2 aromatic heterocycles. The highest BCUT2D eigenvalue weighted by molar-refractivity contribution is 5.81. The molecule has 0 radical (unpaired) electrons. The maximum Gasteiger partial charge on any atom is 0.0630 e. The van der Waals surface area contributed by atoms with Crippen molar-refractivity contribution in [3.05, 3.63) is 60.4 Å². The largest absolute Gasteiger partial charge is 0.261 e. The summed E-state index contributed by atoms with van der Waals surface area (Å²) in [4.78, 5) is 8.32. The van der Waals surface area contributed by atoms with Crippen LogP contribution in [0, 0.1) is 0 Å². The van der Waals surface area contributed by atoms with Crippen LogP contribution in [0.4, 0.5) is 0 Å². The van der Waals surface area contributed by atoms with Gasteiger partial charge >= 0.3 is 0 Å². The fourth-order valence-electron chi connectivity index (χ4n) is 1.79. The van der Waals surface area contributed by atoms with Gasteiger partial charge in [0.1, 0.15) is 0 Å². The van der Waals surface area contributed by atoms with Crippen LogP contribution in [0.1, 0.15) is 11.3 Å². The summed E-state index contributed by atoms with van der Waals surface area (Å²) in [5.74, 6) is 0. The molecule has 17 heavy (non-hydrogen) atoms. The average molecular weight is 222 g/mol. The van der Waals surface area contributed by atoms with Gasteiger partial charge in [0.15, 0.2) is 0 Å². The first-order chi connectivity index (χ1) is 8.42. The summed E-state index contributed by atoms with van der Waals surface area (Å²) >= 11 is 0. The molecule has 2 heterocycles. The maximum atomic E-state index is 4.26. The molecular formula is C13H10N4. The van der Waals surface area contributed by atoms with E-state index in [1.54, 1.807) is 31.0 Å². The minimum absolute atomic E-state index is 0.784. The van der Waals surface area contributed by atoms with Crippen molar-refractivity contribution in [3.8, 4) is 0 Å². The third-order valence-electron chi connectivity index (χ3n) is 2.61. The van der Waals surface area contributed by atoms with Gasteiger partial charge in [-0.05, 0) is 11.6 Å². The third-order valence-corrected chi connectivity index (χ3v) is 2.61. The second-order valence-electron chi connectivity index (χ2n) is 3.83. The lowest BCUT2D eigenvalue weighted by Crippen LogP contribution is -1.92. The minimum Gasteiger partial charge on any atom is -0.261 e. The van der Waals surface area contributed by atoms with Gasteiger partial charge in [0.25, 0.3) is 0 Å². The summed E-state index contributed by atoms with van der Waals surface area (Å²) in [5, 5.41) is 9.94. The van der Waals surface area contributed by atoms with E-state index in [9.17, 15) is 0 Å². The van der Waals surface area contributed by atoms with E-state index in [1.165, 1.54) is 5.56 Å². The van der Waals surface area contributed by atoms with Crippen molar-refractivity contribution < 1.29 is 0 Å². The topological polar surface area (TPSA) is 51.6 Å². The Labute approximate surface area is 98.4 Å². The third kappa shape index (κ3) is 2.10. The predicted molar refractivity (Wildman–Crippen MR) is 64.4 cm³/mol. The Balaban J connectivity index is 1.96. The van der Waals surface area contributed by atoms with Gasteiger partial charge < -0.3 is 0 Å². The zero-order valence-electron chi connectivity index (χ0n) is 9.11. The smallest absolute Gasteiger partial charge is 0.0630 e. The Morgan fingerprint density at radius 2 is 1.76 bits per heavy atom. The molecule has 0 atom stereocenters. The summed E-state index contributed by atoms with van der Waals surface area (Å²) < 4.78 is 0. The van der Waals surface area contributed by atoms with Crippen molar-refractivity contribution >= 4 is 10.8 Å². The molecule has 1 aromatic carbocycles. The summed E-state index contributed by atoms with van der Waals surface area (Å²) in [5.41, 5.74) is 2.17. The molecule has 4 heteroatoms. The van der Waals surface area contributed by atoms with Gasteiger partial charge in [-0.15, -0.1) is 0 Å². The predicted octanol–water partition coefficient (Wildman–Crippen LogP) is 2.01. The van der Waals surface area contributed by atoms with Crippen molar-refractivity contribution in [2.45, 2.75) is 6.42 Å². The Bertz CT molecular complexity index is 637. The van der Waals surface area contributed by atoms with E-state index in [0.717, 1.165) is 22.9 Å². The van der Waals surface area contributed by atoms with Crippen molar-refractivity contribution in [2.75, 3.05) is 0 Å². The summed E-state index contributed by atoms with van der Waals surface area (Å²) in [6.45, 7) is 0. The molecule has 0 aliphatic carbocycles. The van der Waals surface area contributed by atoms with Crippen LogP contribution in [0.15, 0.2) is 49.2 Å². The molecule has 3 aromatic rings. The molecule has 4 nitrogen and oxygen atoms in total. The van der Waals surface area contributed by atoms with Crippen molar-refractivity contribution in [1.82, 2.24) is 20.2 Å². The van der Waals surface area contributed by atoms with E-state index in [4.69, 9.17) is 0 Å². The number of fused-ring (bicyclic) bond motifs is 1. The molecule has 82 valence electrons. The van der Waals surface area contributed by atoms with Crippen LogP contribution in [0.5, 0.6) is 0 Å².